The molecule has 0 radical (unpaired) electrons. The van der Waals surface area contributed by atoms with Crippen molar-refractivity contribution in [2.24, 2.45) is 0 Å². The Kier molecular flexibility index (Phi) is 3.44. The standard InChI is InChI=1S/C26H14N4O6/c1-28-23(31)11-6-4-10-20-16(30(35)36)8-14-18-12(24(32)29(2)26(14)34)5-3-9(22(18)20)19-15(27)7-13(25(28)33)17(11)21(10)19/h3-8H,27H2,1-2H3. The van der Waals surface area contributed by atoms with Gasteiger partial charge in [0.15, 0.2) is 0 Å². The smallest absolute Gasteiger partial charge is 0.278 e. The maximum absolute atomic E-state index is 13.0. The maximum Gasteiger partial charge on any atom is 0.278 e. The number of nitro benzene ring substituents is 1. The molecular weight excluding hydrogens is 464 g/mol. The molecule has 0 unspecified atom stereocenters. The molecule has 2 N–H and O–H groups in total. The van der Waals surface area contributed by atoms with Crippen molar-refractivity contribution in [1.29, 1.82) is 0 Å². The van der Waals surface area contributed by atoms with Crippen LogP contribution in [0.4, 0.5) is 11.4 Å². The third kappa shape index (κ3) is 2.04. The van der Waals surface area contributed by atoms with E-state index in [1.165, 1.54) is 26.2 Å². The van der Waals surface area contributed by atoms with Crippen LogP contribution in [0.2, 0.25) is 0 Å². The second-order valence-electron chi connectivity index (χ2n) is 9.12. The van der Waals surface area contributed by atoms with Gasteiger partial charge in [0.05, 0.1) is 21.4 Å². The van der Waals surface area contributed by atoms with E-state index in [9.17, 15) is 29.3 Å². The predicted molar refractivity (Wildman–Crippen MR) is 132 cm³/mol. The Bertz CT molecular complexity index is 1990. The summed E-state index contributed by atoms with van der Waals surface area (Å²) < 4.78 is 0. The van der Waals surface area contributed by atoms with E-state index < -0.39 is 28.6 Å². The number of benzene rings is 5. The van der Waals surface area contributed by atoms with E-state index in [4.69, 9.17) is 5.73 Å². The summed E-state index contributed by atoms with van der Waals surface area (Å²) in [7, 11) is 2.72. The summed E-state index contributed by atoms with van der Waals surface area (Å²) >= 11 is 0. The Hall–Kier alpha value is -5.12. The van der Waals surface area contributed by atoms with E-state index in [0.29, 0.717) is 37.7 Å². The zero-order valence-corrected chi connectivity index (χ0v) is 18.8. The van der Waals surface area contributed by atoms with Crippen molar-refractivity contribution in [1.82, 2.24) is 9.80 Å². The second-order valence-corrected chi connectivity index (χ2v) is 9.12. The van der Waals surface area contributed by atoms with E-state index >= 15 is 0 Å². The first kappa shape index (κ1) is 20.3. The minimum atomic E-state index is -0.637. The SMILES string of the molecule is CN1C(=O)c2ccc3c4c([N+](=O)[O-])cc5c6c(ccc(c7c(N)cc(c2c37)C1=O)c64)C(=O)N(C)C5=O. The number of non-ortho nitro benzene ring substituents is 1. The van der Waals surface area contributed by atoms with Gasteiger partial charge in [0, 0.05) is 63.9 Å². The lowest BCUT2D eigenvalue weighted by Gasteiger charge is -2.28. The fraction of sp³-hybridized carbons (Fsp3) is 0.0769. The molecule has 174 valence electrons. The van der Waals surface area contributed by atoms with Gasteiger partial charge < -0.3 is 5.73 Å². The molecule has 0 saturated carbocycles. The highest BCUT2D eigenvalue weighted by molar-refractivity contribution is 6.43. The summed E-state index contributed by atoms with van der Waals surface area (Å²) in [5, 5.41) is 15.5. The summed E-state index contributed by atoms with van der Waals surface area (Å²) in [4.78, 5) is 65.7. The summed E-state index contributed by atoms with van der Waals surface area (Å²) in [6.07, 6.45) is 0. The van der Waals surface area contributed by atoms with Crippen molar-refractivity contribution in [3.63, 3.8) is 0 Å². The zero-order valence-electron chi connectivity index (χ0n) is 18.8. The highest BCUT2D eigenvalue weighted by Gasteiger charge is 2.37. The molecule has 7 rings (SSSR count). The van der Waals surface area contributed by atoms with Crippen LogP contribution in [0.3, 0.4) is 0 Å². The number of hydrogen-bond donors (Lipinski definition) is 1. The van der Waals surface area contributed by atoms with Crippen molar-refractivity contribution < 1.29 is 24.1 Å². The molecular formula is C26H14N4O6. The van der Waals surface area contributed by atoms with Gasteiger partial charge in [-0.2, -0.15) is 0 Å². The molecule has 0 saturated heterocycles. The van der Waals surface area contributed by atoms with Crippen LogP contribution in [0, 0.1) is 10.1 Å². The number of nitrogens with zero attached hydrogens (tertiary/aromatic N) is 3. The van der Waals surface area contributed by atoms with Gasteiger partial charge in [-0.05, 0) is 29.0 Å². The zero-order chi connectivity index (χ0) is 25.4. The normalized spacial score (nSPS) is 15.4. The van der Waals surface area contributed by atoms with Gasteiger partial charge in [-0.3, -0.25) is 39.1 Å². The topological polar surface area (TPSA) is 144 Å². The second kappa shape index (κ2) is 6.11. The van der Waals surface area contributed by atoms with Crippen LogP contribution in [0.1, 0.15) is 41.4 Å². The number of nitrogen functional groups attached to an aromatic ring is 1. The molecule has 0 bridgehead atoms. The number of nitrogens with two attached hydrogens (primary N) is 1. The quantitative estimate of drug-likeness (QED) is 0.0966. The number of amides is 4. The number of hydrogen-bond acceptors (Lipinski definition) is 7. The molecule has 0 aromatic heterocycles. The fourth-order valence-corrected chi connectivity index (χ4v) is 5.86. The number of carbonyl (C=O) groups excluding carboxylic acids is 4. The predicted octanol–water partition coefficient (Wildman–Crippen LogP) is 3.68. The van der Waals surface area contributed by atoms with Crippen molar-refractivity contribution in [2.45, 2.75) is 0 Å². The lowest BCUT2D eigenvalue weighted by Crippen LogP contribution is -2.37. The lowest BCUT2D eigenvalue weighted by molar-refractivity contribution is -0.383. The molecule has 5 aromatic carbocycles. The third-order valence-corrected chi connectivity index (χ3v) is 7.45. The van der Waals surface area contributed by atoms with Crippen LogP contribution in [0.15, 0.2) is 36.4 Å². The third-order valence-electron chi connectivity index (χ3n) is 7.45. The van der Waals surface area contributed by atoms with E-state index in [1.54, 1.807) is 24.3 Å². The van der Waals surface area contributed by atoms with Crippen LogP contribution in [0.5, 0.6) is 0 Å². The summed E-state index contributed by atoms with van der Waals surface area (Å²) in [6.45, 7) is 0. The number of imide groups is 2. The average Bonchev–Trinajstić information content (AvgIpc) is 2.87. The number of anilines is 1. The van der Waals surface area contributed by atoms with Gasteiger partial charge in [-0.25, -0.2) is 0 Å². The van der Waals surface area contributed by atoms with Crippen molar-refractivity contribution in [3.8, 4) is 0 Å². The number of fused-ring (bicyclic) bond motifs is 2. The van der Waals surface area contributed by atoms with Gasteiger partial charge in [0.2, 0.25) is 0 Å². The van der Waals surface area contributed by atoms with Gasteiger partial charge >= 0.3 is 0 Å². The summed E-state index contributed by atoms with van der Waals surface area (Å²) in [5.41, 5.74) is 7.24. The molecule has 0 spiro atoms. The molecule has 10 heteroatoms. The van der Waals surface area contributed by atoms with Crippen LogP contribution < -0.4 is 5.73 Å². The first-order valence-electron chi connectivity index (χ1n) is 11.0. The number of carbonyl (C=O) groups is 4. The molecule has 2 aliphatic rings. The van der Waals surface area contributed by atoms with Crippen molar-refractivity contribution >= 4 is 78.1 Å². The summed E-state index contributed by atoms with van der Waals surface area (Å²) in [6, 6.07) is 9.08. The first-order chi connectivity index (χ1) is 17.1. The Labute approximate surface area is 200 Å². The van der Waals surface area contributed by atoms with Gasteiger partial charge in [0.25, 0.3) is 29.3 Å². The molecule has 4 amide bonds. The van der Waals surface area contributed by atoms with E-state index in [1.807, 2.05) is 0 Å². The average molecular weight is 478 g/mol. The van der Waals surface area contributed by atoms with Gasteiger partial charge in [-0.15, -0.1) is 0 Å². The minimum absolute atomic E-state index is 0.0546. The van der Waals surface area contributed by atoms with E-state index in [-0.39, 0.29) is 39.0 Å². The highest BCUT2D eigenvalue weighted by atomic mass is 16.6. The van der Waals surface area contributed by atoms with Gasteiger partial charge in [-0.1, -0.05) is 12.1 Å². The molecule has 10 nitrogen and oxygen atoms in total. The molecule has 0 fully saturated rings. The molecule has 0 atom stereocenters. The lowest BCUT2D eigenvalue weighted by atomic mass is 9.81. The van der Waals surface area contributed by atoms with E-state index in [0.717, 1.165) is 9.80 Å². The largest absolute Gasteiger partial charge is 0.398 e. The monoisotopic (exact) mass is 478 g/mol. The Morgan fingerprint density at radius 3 is 1.61 bits per heavy atom. The Balaban J connectivity index is 1.85. The number of nitro groups is 1. The highest BCUT2D eigenvalue weighted by Crippen LogP contribution is 2.50. The molecule has 2 heterocycles. The van der Waals surface area contributed by atoms with Crippen LogP contribution >= 0.6 is 0 Å². The minimum Gasteiger partial charge on any atom is -0.398 e. The molecule has 5 aromatic rings. The Morgan fingerprint density at radius 1 is 0.639 bits per heavy atom. The van der Waals surface area contributed by atoms with Crippen molar-refractivity contribution in [3.05, 3.63) is 68.8 Å². The van der Waals surface area contributed by atoms with Crippen LogP contribution in [0.25, 0.3) is 43.1 Å². The first-order valence-corrected chi connectivity index (χ1v) is 11.0. The van der Waals surface area contributed by atoms with E-state index in [2.05, 4.69) is 0 Å². The molecule has 36 heavy (non-hydrogen) atoms. The molecule has 0 aliphatic carbocycles. The van der Waals surface area contributed by atoms with Crippen molar-refractivity contribution in [2.75, 3.05) is 19.8 Å². The van der Waals surface area contributed by atoms with Crippen LogP contribution in [-0.4, -0.2) is 52.4 Å². The Morgan fingerprint density at radius 2 is 1.08 bits per heavy atom. The number of rotatable bonds is 1. The fourth-order valence-electron chi connectivity index (χ4n) is 5.86. The summed E-state index contributed by atoms with van der Waals surface area (Å²) in [5.74, 6) is -2.16. The van der Waals surface area contributed by atoms with Gasteiger partial charge in [0.1, 0.15) is 0 Å². The maximum atomic E-state index is 13.0. The molecule has 2 aliphatic heterocycles. The van der Waals surface area contributed by atoms with Crippen LogP contribution in [-0.2, 0) is 0 Å².